The van der Waals surface area contributed by atoms with E-state index in [2.05, 4.69) is 4.98 Å². The fourth-order valence-electron chi connectivity index (χ4n) is 3.61. The zero-order valence-corrected chi connectivity index (χ0v) is 19.7. The summed E-state index contributed by atoms with van der Waals surface area (Å²) in [6.07, 6.45) is -1.79. The molecular weight excluding hydrogens is 467 g/mol. The molecule has 0 aliphatic carbocycles. The van der Waals surface area contributed by atoms with Gasteiger partial charge < -0.3 is 4.90 Å². The van der Waals surface area contributed by atoms with Crippen molar-refractivity contribution < 1.29 is 26.4 Å². The average molecular weight is 492 g/mol. The van der Waals surface area contributed by atoms with Crippen LogP contribution in [0.1, 0.15) is 27.9 Å². The molecule has 180 valence electrons. The third-order valence-corrected chi connectivity index (χ3v) is 6.21. The lowest BCUT2D eigenvalue weighted by molar-refractivity contribution is -0.141. The summed E-state index contributed by atoms with van der Waals surface area (Å²) >= 11 is 0. The van der Waals surface area contributed by atoms with Crippen LogP contribution >= 0.6 is 0 Å². The third-order valence-electron chi connectivity index (χ3n) is 5.07. The van der Waals surface area contributed by atoms with Crippen molar-refractivity contribution in [2.24, 2.45) is 0 Å². The maximum atomic E-state index is 12.7. The van der Waals surface area contributed by atoms with Gasteiger partial charge in [-0.3, -0.25) is 14.1 Å². The lowest BCUT2D eigenvalue weighted by Gasteiger charge is -2.24. The standard InChI is InChI=1S/C24H24F3N3O3S/c1-17-10-18(2)12-20(11-17)15-30(34(3,32)33)22-7-5-21(6-8-22)29(16-31)14-19-4-9-23(28-13-19)24(25,26)27/h4-13,16H,14-15H2,1-3H3. The number of carbonyl (C=O) groups excluding carboxylic acids is 1. The Kier molecular flexibility index (Phi) is 7.30. The van der Waals surface area contributed by atoms with Crippen LogP contribution < -0.4 is 9.21 Å². The van der Waals surface area contributed by atoms with Gasteiger partial charge in [-0.2, -0.15) is 13.2 Å². The summed E-state index contributed by atoms with van der Waals surface area (Å²) in [5.41, 5.74) is 3.18. The molecule has 1 aromatic heterocycles. The molecule has 0 aliphatic rings. The van der Waals surface area contributed by atoms with Crippen LogP contribution in [0.2, 0.25) is 0 Å². The first kappa shape index (κ1) is 25.2. The summed E-state index contributed by atoms with van der Waals surface area (Å²) in [4.78, 5) is 16.3. The zero-order chi connectivity index (χ0) is 25.1. The van der Waals surface area contributed by atoms with E-state index in [-0.39, 0.29) is 13.1 Å². The summed E-state index contributed by atoms with van der Waals surface area (Å²) in [6, 6.07) is 14.3. The van der Waals surface area contributed by atoms with Crippen LogP contribution in [-0.4, -0.2) is 26.1 Å². The maximum Gasteiger partial charge on any atom is 0.433 e. The number of anilines is 2. The van der Waals surface area contributed by atoms with Crippen LogP contribution in [0.4, 0.5) is 24.5 Å². The van der Waals surface area contributed by atoms with Gasteiger partial charge in [-0.05, 0) is 55.3 Å². The number of amides is 1. The Morgan fingerprint density at radius 1 is 0.882 bits per heavy atom. The molecule has 0 fully saturated rings. The number of nitrogens with zero attached hydrogens (tertiary/aromatic N) is 3. The van der Waals surface area contributed by atoms with Gasteiger partial charge in [-0.1, -0.05) is 35.4 Å². The number of pyridine rings is 1. The summed E-state index contributed by atoms with van der Waals surface area (Å²) in [5, 5.41) is 0. The highest BCUT2D eigenvalue weighted by molar-refractivity contribution is 7.92. The summed E-state index contributed by atoms with van der Waals surface area (Å²) < 4.78 is 64.4. The van der Waals surface area contributed by atoms with Crippen molar-refractivity contribution in [2.45, 2.75) is 33.1 Å². The molecule has 0 spiro atoms. The molecule has 1 heterocycles. The van der Waals surface area contributed by atoms with E-state index >= 15 is 0 Å². The molecule has 0 atom stereocenters. The zero-order valence-electron chi connectivity index (χ0n) is 18.9. The smallest absolute Gasteiger partial charge is 0.311 e. The topological polar surface area (TPSA) is 70.6 Å². The predicted molar refractivity (Wildman–Crippen MR) is 125 cm³/mol. The van der Waals surface area contributed by atoms with E-state index in [9.17, 15) is 26.4 Å². The fraction of sp³-hybridized carbons (Fsp3) is 0.250. The van der Waals surface area contributed by atoms with E-state index in [1.54, 1.807) is 24.3 Å². The van der Waals surface area contributed by atoms with E-state index < -0.39 is 21.9 Å². The molecule has 34 heavy (non-hydrogen) atoms. The maximum absolute atomic E-state index is 12.7. The van der Waals surface area contributed by atoms with Crippen molar-refractivity contribution in [3.05, 3.63) is 88.7 Å². The first-order valence-electron chi connectivity index (χ1n) is 10.3. The Balaban J connectivity index is 1.82. The number of benzene rings is 2. The Morgan fingerprint density at radius 3 is 1.94 bits per heavy atom. The quantitative estimate of drug-likeness (QED) is 0.423. The molecule has 2 aromatic carbocycles. The lowest BCUT2D eigenvalue weighted by atomic mass is 10.1. The lowest BCUT2D eigenvalue weighted by Crippen LogP contribution is -2.29. The van der Waals surface area contributed by atoms with Gasteiger partial charge in [-0.25, -0.2) is 8.42 Å². The van der Waals surface area contributed by atoms with Crippen molar-refractivity contribution in [3.63, 3.8) is 0 Å². The largest absolute Gasteiger partial charge is 0.433 e. The second kappa shape index (κ2) is 9.84. The van der Waals surface area contributed by atoms with Gasteiger partial charge in [0, 0.05) is 11.9 Å². The number of hydrogen-bond acceptors (Lipinski definition) is 4. The molecule has 0 aliphatic heterocycles. The molecule has 0 saturated carbocycles. The molecule has 1 amide bonds. The molecule has 0 N–H and O–H groups in total. The van der Waals surface area contributed by atoms with Gasteiger partial charge >= 0.3 is 6.18 Å². The fourth-order valence-corrected chi connectivity index (χ4v) is 4.50. The second-order valence-electron chi connectivity index (χ2n) is 8.06. The average Bonchev–Trinajstić information content (AvgIpc) is 2.74. The Morgan fingerprint density at radius 2 is 1.47 bits per heavy atom. The van der Waals surface area contributed by atoms with Crippen LogP contribution in [0.25, 0.3) is 0 Å². The molecule has 0 unspecified atom stereocenters. The van der Waals surface area contributed by atoms with E-state index in [0.717, 1.165) is 35.2 Å². The Hall–Kier alpha value is -3.40. The first-order chi connectivity index (χ1) is 15.9. The molecule has 0 radical (unpaired) electrons. The van der Waals surface area contributed by atoms with E-state index in [4.69, 9.17) is 0 Å². The first-order valence-corrected chi connectivity index (χ1v) is 12.1. The monoisotopic (exact) mass is 491 g/mol. The van der Waals surface area contributed by atoms with Gasteiger partial charge in [0.25, 0.3) is 0 Å². The van der Waals surface area contributed by atoms with Gasteiger partial charge in [0.15, 0.2) is 0 Å². The van der Waals surface area contributed by atoms with Crippen molar-refractivity contribution in [2.75, 3.05) is 15.5 Å². The molecule has 0 saturated heterocycles. The molecule has 10 heteroatoms. The van der Waals surface area contributed by atoms with E-state index in [0.29, 0.717) is 23.3 Å². The number of aryl methyl sites for hydroxylation is 2. The summed E-state index contributed by atoms with van der Waals surface area (Å²) in [7, 11) is -3.60. The number of carbonyl (C=O) groups is 1. The number of halogens is 3. The number of sulfonamides is 1. The number of hydrogen-bond donors (Lipinski definition) is 0. The second-order valence-corrected chi connectivity index (χ2v) is 9.97. The Labute approximate surface area is 196 Å². The molecule has 0 bridgehead atoms. The minimum atomic E-state index is -4.54. The van der Waals surface area contributed by atoms with Gasteiger partial charge in [0.2, 0.25) is 16.4 Å². The normalized spacial score (nSPS) is 11.8. The molecule has 3 aromatic rings. The molecular formula is C24H24F3N3O3S. The highest BCUT2D eigenvalue weighted by Gasteiger charge is 2.32. The van der Waals surface area contributed by atoms with Crippen LogP contribution in [0.3, 0.4) is 0 Å². The van der Waals surface area contributed by atoms with Crippen molar-refractivity contribution in [3.8, 4) is 0 Å². The van der Waals surface area contributed by atoms with Crippen molar-refractivity contribution in [1.29, 1.82) is 0 Å². The highest BCUT2D eigenvalue weighted by Crippen LogP contribution is 2.28. The van der Waals surface area contributed by atoms with Crippen LogP contribution in [0.15, 0.2) is 60.8 Å². The van der Waals surface area contributed by atoms with Crippen molar-refractivity contribution >= 4 is 27.8 Å². The Bertz CT molecular complexity index is 1240. The van der Waals surface area contributed by atoms with Gasteiger partial charge in [0.1, 0.15) is 5.69 Å². The highest BCUT2D eigenvalue weighted by atomic mass is 32.2. The number of rotatable bonds is 8. The SMILES string of the molecule is Cc1cc(C)cc(CN(c2ccc(N(C=O)Cc3ccc(C(F)(F)F)nc3)cc2)S(C)(=O)=O)c1. The van der Waals surface area contributed by atoms with Gasteiger partial charge in [-0.15, -0.1) is 0 Å². The van der Waals surface area contributed by atoms with Crippen molar-refractivity contribution in [1.82, 2.24) is 4.98 Å². The summed E-state index contributed by atoms with van der Waals surface area (Å²) in [6.45, 7) is 4.04. The minimum Gasteiger partial charge on any atom is -0.311 e. The van der Waals surface area contributed by atoms with Crippen LogP contribution in [0.5, 0.6) is 0 Å². The molecule has 6 nitrogen and oxygen atoms in total. The summed E-state index contributed by atoms with van der Waals surface area (Å²) in [5.74, 6) is 0. The minimum absolute atomic E-state index is 0.00629. The van der Waals surface area contributed by atoms with Gasteiger partial charge in [0.05, 0.1) is 25.0 Å². The predicted octanol–water partition coefficient (Wildman–Crippen LogP) is 4.85. The third kappa shape index (κ3) is 6.34. The number of aromatic nitrogens is 1. The van der Waals surface area contributed by atoms with Crippen LogP contribution in [0, 0.1) is 13.8 Å². The number of alkyl halides is 3. The van der Waals surface area contributed by atoms with E-state index in [1.165, 1.54) is 15.3 Å². The van der Waals surface area contributed by atoms with E-state index in [1.807, 2.05) is 32.0 Å². The van der Waals surface area contributed by atoms with Crippen LogP contribution in [-0.2, 0) is 34.1 Å². The molecule has 3 rings (SSSR count).